The highest BCUT2D eigenvalue weighted by Crippen LogP contribution is 2.63. The molecule has 15 heavy (non-hydrogen) atoms. The molecule has 88 valence electrons. The fourth-order valence-corrected chi connectivity index (χ4v) is 6.79. The molecule has 1 heterocycles. The van der Waals surface area contributed by atoms with Crippen molar-refractivity contribution in [2.75, 3.05) is 26.3 Å². The van der Waals surface area contributed by atoms with Crippen LogP contribution in [0.5, 0.6) is 0 Å². The molecule has 2 rings (SSSR count). The van der Waals surface area contributed by atoms with Crippen molar-refractivity contribution >= 4 is 28.6 Å². The Balaban J connectivity index is 1.99. The fourth-order valence-electron chi connectivity index (χ4n) is 2.46. The molecule has 0 spiro atoms. The third-order valence-corrected chi connectivity index (χ3v) is 9.04. The number of hydrogen-bond acceptors (Lipinski definition) is 2. The van der Waals surface area contributed by atoms with E-state index in [0.717, 1.165) is 26.3 Å². The Bertz CT molecular complexity index is 230. The minimum absolute atomic E-state index is 0.598. The van der Waals surface area contributed by atoms with E-state index in [0.29, 0.717) is 5.66 Å². The molecule has 0 radical (unpaired) electrons. The second kappa shape index (κ2) is 5.46. The van der Waals surface area contributed by atoms with Crippen molar-refractivity contribution < 1.29 is 4.74 Å². The summed E-state index contributed by atoms with van der Waals surface area (Å²) in [5.74, 6) is 0. The van der Waals surface area contributed by atoms with Gasteiger partial charge in [0.05, 0.1) is 13.2 Å². The second-order valence-corrected chi connectivity index (χ2v) is 10.6. The van der Waals surface area contributed by atoms with Gasteiger partial charge in [-0.2, -0.15) is 0 Å². The topological polar surface area (TPSA) is 12.5 Å². The van der Waals surface area contributed by atoms with Crippen molar-refractivity contribution in [3.8, 4) is 0 Å². The number of ether oxygens (including phenoxy) is 1. The largest absolute Gasteiger partial charge is 0.379 e. The quantitative estimate of drug-likeness (QED) is 0.713. The van der Waals surface area contributed by atoms with Crippen molar-refractivity contribution in [2.24, 2.45) is 0 Å². The van der Waals surface area contributed by atoms with E-state index < -0.39 is 5.54 Å². The highest BCUT2D eigenvalue weighted by atomic mass is 35.7. The summed E-state index contributed by atoms with van der Waals surface area (Å²) in [4.78, 5) is 0. The number of nitrogens with zero attached hydrogens (tertiary/aromatic N) is 1. The lowest BCUT2D eigenvalue weighted by Gasteiger charge is -2.39. The lowest BCUT2D eigenvalue weighted by atomic mass is 10.0. The number of rotatable bonds is 2. The van der Waals surface area contributed by atoms with Crippen LogP contribution in [0.15, 0.2) is 0 Å². The van der Waals surface area contributed by atoms with Crippen LogP contribution < -0.4 is 0 Å². The average Bonchev–Trinajstić information content (AvgIpc) is 2.31. The van der Waals surface area contributed by atoms with Crippen LogP contribution in [0.4, 0.5) is 0 Å². The number of morpholine rings is 1. The van der Waals surface area contributed by atoms with Gasteiger partial charge in [0.15, 0.2) is 0 Å². The molecule has 0 aromatic heterocycles. The van der Waals surface area contributed by atoms with Crippen LogP contribution >= 0.6 is 16.8 Å². The van der Waals surface area contributed by atoms with Gasteiger partial charge >= 0.3 is 0 Å². The normalized spacial score (nSPS) is 29.9. The van der Waals surface area contributed by atoms with E-state index >= 15 is 0 Å². The third kappa shape index (κ3) is 2.95. The Morgan fingerprint density at radius 1 is 1.13 bits per heavy atom. The summed E-state index contributed by atoms with van der Waals surface area (Å²) in [7, 11) is 0. The van der Waals surface area contributed by atoms with Crippen molar-refractivity contribution in [3.63, 3.8) is 0 Å². The zero-order chi connectivity index (χ0) is 10.7. The smallest absolute Gasteiger partial charge is 0.102 e. The summed E-state index contributed by atoms with van der Waals surface area (Å²) in [6.45, 7) is 3.49. The molecule has 1 atom stereocenters. The fraction of sp³-hybridized carbons (Fsp3) is 1.00. The third-order valence-electron chi connectivity index (χ3n) is 3.40. The number of hydrogen-bond donors (Lipinski definition) is 0. The summed E-state index contributed by atoms with van der Waals surface area (Å²) >= 11 is 12.4. The van der Waals surface area contributed by atoms with Crippen molar-refractivity contribution in [1.82, 2.24) is 4.67 Å². The van der Waals surface area contributed by atoms with E-state index in [9.17, 15) is 0 Å². The first-order valence-corrected chi connectivity index (χ1v) is 9.57. The Labute approximate surface area is 102 Å². The molecule has 2 aliphatic rings. The SMILES string of the molecule is S=P(Cl)(C1CCCCC1)N1CCOCC1. The van der Waals surface area contributed by atoms with Gasteiger partial charge in [-0.3, -0.25) is 4.67 Å². The molecule has 0 aromatic carbocycles. The first-order valence-electron chi connectivity index (χ1n) is 5.84. The summed E-state index contributed by atoms with van der Waals surface area (Å²) in [6.07, 6.45) is 6.50. The van der Waals surface area contributed by atoms with Gasteiger partial charge in [-0.25, -0.2) is 0 Å². The average molecular weight is 268 g/mol. The minimum atomic E-state index is -1.78. The Morgan fingerprint density at radius 3 is 2.33 bits per heavy atom. The van der Waals surface area contributed by atoms with Gasteiger partial charge < -0.3 is 4.74 Å². The molecule has 1 aliphatic carbocycles. The summed E-state index contributed by atoms with van der Waals surface area (Å²) in [5, 5.41) is 0. The van der Waals surface area contributed by atoms with Gasteiger partial charge in [-0.15, -0.1) is 0 Å². The van der Waals surface area contributed by atoms with Gasteiger partial charge in [-0.05, 0) is 12.8 Å². The Morgan fingerprint density at radius 2 is 1.73 bits per heavy atom. The van der Waals surface area contributed by atoms with Gasteiger partial charge in [0.1, 0.15) is 5.54 Å². The van der Waals surface area contributed by atoms with Gasteiger partial charge in [-0.1, -0.05) is 42.3 Å². The van der Waals surface area contributed by atoms with E-state index in [1.807, 2.05) is 0 Å². The molecule has 2 fully saturated rings. The molecular formula is C10H19ClNOPS. The maximum Gasteiger partial charge on any atom is 0.102 e. The van der Waals surface area contributed by atoms with Crippen LogP contribution in [0.2, 0.25) is 0 Å². The number of halogens is 1. The van der Waals surface area contributed by atoms with Crippen LogP contribution in [-0.2, 0) is 16.5 Å². The summed E-state index contributed by atoms with van der Waals surface area (Å²) in [5.41, 5.74) is -1.19. The van der Waals surface area contributed by atoms with Crippen LogP contribution in [0.1, 0.15) is 32.1 Å². The van der Waals surface area contributed by atoms with E-state index in [2.05, 4.69) is 4.67 Å². The lowest BCUT2D eigenvalue weighted by Crippen LogP contribution is -2.35. The van der Waals surface area contributed by atoms with Crippen LogP contribution in [0, 0.1) is 0 Å². The summed E-state index contributed by atoms with van der Waals surface area (Å²) < 4.78 is 7.69. The van der Waals surface area contributed by atoms with Crippen LogP contribution in [0.25, 0.3) is 0 Å². The first kappa shape index (κ1) is 12.3. The molecule has 1 saturated heterocycles. The molecule has 5 heteroatoms. The van der Waals surface area contributed by atoms with Crippen molar-refractivity contribution in [1.29, 1.82) is 0 Å². The summed E-state index contributed by atoms with van der Waals surface area (Å²) in [6, 6.07) is 0. The van der Waals surface area contributed by atoms with E-state index in [-0.39, 0.29) is 0 Å². The van der Waals surface area contributed by atoms with Crippen molar-refractivity contribution in [3.05, 3.63) is 0 Å². The molecule has 0 amide bonds. The molecule has 0 N–H and O–H groups in total. The Hall–Kier alpha value is 0.860. The van der Waals surface area contributed by atoms with E-state index in [1.54, 1.807) is 0 Å². The van der Waals surface area contributed by atoms with Gasteiger partial charge in [0.2, 0.25) is 0 Å². The highest BCUT2D eigenvalue weighted by molar-refractivity contribution is 8.26. The molecule has 2 nitrogen and oxygen atoms in total. The Kier molecular flexibility index (Phi) is 4.49. The second-order valence-electron chi connectivity index (χ2n) is 4.40. The molecule has 0 aromatic rings. The molecule has 1 unspecified atom stereocenters. The van der Waals surface area contributed by atoms with Gasteiger partial charge in [0, 0.05) is 18.7 Å². The highest BCUT2D eigenvalue weighted by Gasteiger charge is 2.34. The minimum Gasteiger partial charge on any atom is -0.379 e. The molecule has 1 saturated carbocycles. The molecule has 1 aliphatic heterocycles. The standard InChI is InChI=1S/C10H19ClNOPS/c11-14(15,10-4-2-1-3-5-10)12-6-8-13-9-7-12/h10H,1-9H2. The van der Waals surface area contributed by atoms with Crippen molar-refractivity contribution in [2.45, 2.75) is 37.8 Å². The monoisotopic (exact) mass is 267 g/mol. The van der Waals surface area contributed by atoms with Crippen LogP contribution in [-0.4, -0.2) is 36.6 Å². The zero-order valence-corrected chi connectivity index (χ0v) is 11.5. The van der Waals surface area contributed by atoms with E-state index in [4.69, 9.17) is 27.8 Å². The predicted octanol–water partition coefficient (Wildman–Crippen LogP) is 3.20. The molecular weight excluding hydrogens is 249 g/mol. The first-order chi connectivity index (χ1) is 7.21. The van der Waals surface area contributed by atoms with E-state index in [1.165, 1.54) is 32.1 Å². The maximum atomic E-state index is 6.69. The predicted molar refractivity (Wildman–Crippen MR) is 69.4 cm³/mol. The maximum absolute atomic E-state index is 6.69. The van der Waals surface area contributed by atoms with Crippen LogP contribution in [0.3, 0.4) is 0 Å². The molecule has 0 bridgehead atoms. The zero-order valence-electron chi connectivity index (χ0n) is 9.03. The lowest BCUT2D eigenvalue weighted by molar-refractivity contribution is 0.0748. The van der Waals surface area contributed by atoms with Gasteiger partial charge in [0.25, 0.3) is 0 Å².